The van der Waals surface area contributed by atoms with E-state index in [4.69, 9.17) is 0 Å². The van der Waals surface area contributed by atoms with E-state index in [1.165, 1.54) is 61.2 Å². The highest BCUT2D eigenvalue weighted by molar-refractivity contribution is 6.34. The van der Waals surface area contributed by atoms with Gasteiger partial charge in [0.2, 0.25) is 0 Å². The summed E-state index contributed by atoms with van der Waals surface area (Å²) in [4.78, 5) is 19.1. The number of fused-ring (bicyclic) bond motifs is 2. The van der Waals surface area contributed by atoms with Gasteiger partial charge in [-0.2, -0.15) is 0 Å². The topological polar surface area (TPSA) is 48.1 Å². The van der Waals surface area contributed by atoms with Crippen LogP contribution < -0.4 is 5.32 Å². The van der Waals surface area contributed by atoms with Crippen LogP contribution in [-0.4, -0.2) is 35.4 Å². The Morgan fingerprint density at radius 2 is 1.90 bits per heavy atom. The number of nitrogens with zero attached hydrogens (tertiary/aromatic N) is 1. The molecule has 0 bridgehead atoms. The van der Waals surface area contributed by atoms with Crippen molar-refractivity contribution in [1.29, 1.82) is 0 Å². The fraction of sp³-hybridized carbons (Fsp3) is 0.500. The monoisotopic (exact) mass is 403 g/mol. The van der Waals surface area contributed by atoms with E-state index in [9.17, 15) is 4.79 Å². The normalized spacial score (nSPS) is 20.1. The number of aromatic amines is 1. The lowest BCUT2D eigenvalue weighted by Gasteiger charge is -2.15. The van der Waals surface area contributed by atoms with Crippen LogP contribution in [0.5, 0.6) is 0 Å². The van der Waals surface area contributed by atoms with Gasteiger partial charge in [-0.1, -0.05) is 19.9 Å². The summed E-state index contributed by atoms with van der Waals surface area (Å²) >= 11 is 0. The largest absolute Gasteiger partial charge is 0.358 e. The van der Waals surface area contributed by atoms with E-state index in [1.807, 2.05) is 0 Å². The molecule has 0 unspecified atom stereocenters. The van der Waals surface area contributed by atoms with Crippen molar-refractivity contribution in [2.75, 3.05) is 25.0 Å². The first kappa shape index (κ1) is 19.6. The van der Waals surface area contributed by atoms with Gasteiger partial charge in [-0.25, -0.2) is 0 Å². The Morgan fingerprint density at radius 1 is 1.10 bits per heavy atom. The SMILES string of the molecule is CC(C)c1c(C=C2C(=O)Nc3ccc(CCN4CCCC4)cc32)[nH]c2c1CCCC2. The van der Waals surface area contributed by atoms with Crippen LogP contribution in [0.25, 0.3) is 11.6 Å². The Kier molecular flexibility index (Phi) is 5.28. The van der Waals surface area contributed by atoms with Crippen LogP contribution in [-0.2, 0) is 24.1 Å². The fourth-order valence-electron chi connectivity index (χ4n) is 5.48. The third kappa shape index (κ3) is 3.62. The summed E-state index contributed by atoms with van der Waals surface area (Å²) in [5, 5.41) is 3.07. The molecule has 1 aromatic heterocycles. The van der Waals surface area contributed by atoms with Crippen LogP contribution in [0.1, 0.15) is 79.1 Å². The Bertz CT molecular complexity index is 992. The summed E-state index contributed by atoms with van der Waals surface area (Å²) < 4.78 is 0. The third-order valence-electron chi connectivity index (χ3n) is 7.02. The first-order valence-corrected chi connectivity index (χ1v) is 11.7. The number of carbonyl (C=O) groups is 1. The number of carbonyl (C=O) groups excluding carboxylic acids is 1. The minimum atomic E-state index is 0.0176. The highest BCUT2D eigenvalue weighted by atomic mass is 16.2. The molecule has 2 aromatic rings. The minimum Gasteiger partial charge on any atom is -0.358 e. The first-order chi connectivity index (χ1) is 14.6. The molecule has 0 spiro atoms. The number of hydrogen-bond donors (Lipinski definition) is 2. The fourth-order valence-corrected chi connectivity index (χ4v) is 5.48. The maximum Gasteiger partial charge on any atom is 0.256 e. The number of nitrogens with one attached hydrogen (secondary N) is 2. The Labute approximate surface area is 179 Å². The van der Waals surface area contributed by atoms with Gasteiger partial charge in [0, 0.05) is 29.2 Å². The molecule has 0 radical (unpaired) electrons. The van der Waals surface area contributed by atoms with Crippen LogP contribution in [0.4, 0.5) is 5.69 Å². The average Bonchev–Trinajstić information content (AvgIpc) is 3.44. The zero-order valence-corrected chi connectivity index (χ0v) is 18.3. The van der Waals surface area contributed by atoms with Gasteiger partial charge in [-0.3, -0.25) is 4.79 Å². The summed E-state index contributed by atoms with van der Waals surface area (Å²) in [6, 6.07) is 6.48. The van der Waals surface area contributed by atoms with Gasteiger partial charge < -0.3 is 15.2 Å². The Morgan fingerprint density at radius 3 is 2.70 bits per heavy atom. The quantitative estimate of drug-likeness (QED) is 0.679. The molecule has 3 aliphatic rings. The van der Waals surface area contributed by atoms with Crippen LogP contribution >= 0.6 is 0 Å². The third-order valence-corrected chi connectivity index (χ3v) is 7.02. The number of hydrogen-bond acceptors (Lipinski definition) is 2. The van der Waals surface area contributed by atoms with Gasteiger partial charge in [0.05, 0.1) is 5.57 Å². The zero-order chi connectivity index (χ0) is 20.7. The van der Waals surface area contributed by atoms with E-state index in [0.717, 1.165) is 48.3 Å². The maximum absolute atomic E-state index is 12.8. The number of anilines is 1. The minimum absolute atomic E-state index is 0.0176. The molecule has 0 atom stereocenters. The smallest absolute Gasteiger partial charge is 0.256 e. The van der Waals surface area contributed by atoms with E-state index >= 15 is 0 Å². The number of amides is 1. The van der Waals surface area contributed by atoms with Crippen LogP contribution in [0.3, 0.4) is 0 Å². The number of benzene rings is 1. The molecule has 3 heterocycles. The van der Waals surface area contributed by atoms with Gasteiger partial charge in [-0.15, -0.1) is 0 Å². The first-order valence-electron chi connectivity index (χ1n) is 11.7. The molecule has 4 nitrogen and oxygen atoms in total. The molecule has 1 amide bonds. The lowest BCUT2D eigenvalue weighted by molar-refractivity contribution is -0.110. The summed E-state index contributed by atoms with van der Waals surface area (Å²) in [5.41, 5.74) is 9.54. The van der Waals surface area contributed by atoms with Crippen molar-refractivity contribution in [3.8, 4) is 0 Å². The van der Waals surface area contributed by atoms with Crippen molar-refractivity contribution in [3.05, 3.63) is 51.8 Å². The van der Waals surface area contributed by atoms with Gasteiger partial charge >= 0.3 is 0 Å². The second-order valence-corrected chi connectivity index (χ2v) is 9.46. The predicted octanol–water partition coefficient (Wildman–Crippen LogP) is 5.15. The van der Waals surface area contributed by atoms with Crippen molar-refractivity contribution in [2.45, 2.75) is 64.7 Å². The van der Waals surface area contributed by atoms with Crippen molar-refractivity contribution in [3.63, 3.8) is 0 Å². The number of aryl methyl sites for hydroxylation is 1. The van der Waals surface area contributed by atoms with E-state index < -0.39 is 0 Å². The molecule has 4 heteroatoms. The molecule has 2 aliphatic heterocycles. The van der Waals surface area contributed by atoms with E-state index in [1.54, 1.807) is 0 Å². The molecule has 1 saturated heterocycles. The molecule has 1 aliphatic carbocycles. The lowest BCUT2D eigenvalue weighted by Crippen LogP contribution is -2.21. The number of H-pyrrole nitrogens is 1. The molecule has 158 valence electrons. The van der Waals surface area contributed by atoms with Crippen LogP contribution in [0.15, 0.2) is 18.2 Å². The van der Waals surface area contributed by atoms with E-state index in [0.29, 0.717) is 5.92 Å². The summed E-state index contributed by atoms with van der Waals surface area (Å²) in [7, 11) is 0. The van der Waals surface area contributed by atoms with Gasteiger partial charge in [-0.05, 0) is 98.9 Å². The number of rotatable bonds is 5. The Balaban J connectivity index is 1.47. The van der Waals surface area contributed by atoms with Gasteiger partial charge in [0.25, 0.3) is 5.91 Å². The molecule has 0 saturated carbocycles. The lowest BCUT2D eigenvalue weighted by atomic mass is 9.89. The predicted molar refractivity (Wildman–Crippen MR) is 124 cm³/mol. The van der Waals surface area contributed by atoms with E-state index in [-0.39, 0.29) is 5.91 Å². The maximum atomic E-state index is 12.8. The summed E-state index contributed by atoms with van der Waals surface area (Å²) in [5.74, 6) is 0.467. The molecule has 2 N–H and O–H groups in total. The number of likely N-dealkylation sites (tertiary alicyclic amines) is 1. The molecule has 30 heavy (non-hydrogen) atoms. The second kappa shape index (κ2) is 8.07. The van der Waals surface area contributed by atoms with Gasteiger partial charge in [0.1, 0.15) is 0 Å². The Hall–Kier alpha value is -2.33. The van der Waals surface area contributed by atoms with Crippen molar-refractivity contribution < 1.29 is 4.79 Å². The van der Waals surface area contributed by atoms with Crippen molar-refractivity contribution in [2.24, 2.45) is 0 Å². The molecule has 1 fully saturated rings. The molecular formula is C26H33N3O. The van der Waals surface area contributed by atoms with Crippen molar-refractivity contribution >= 4 is 23.2 Å². The summed E-state index contributed by atoms with van der Waals surface area (Å²) in [6.07, 6.45) is 10.6. The molecule has 5 rings (SSSR count). The van der Waals surface area contributed by atoms with Crippen LogP contribution in [0, 0.1) is 0 Å². The highest BCUT2D eigenvalue weighted by Gasteiger charge is 2.27. The van der Waals surface area contributed by atoms with Crippen LogP contribution in [0.2, 0.25) is 0 Å². The second-order valence-electron chi connectivity index (χ2n) is 9.46. The average molecular weight is 404 g/mol. The molecule has 1 aromatic carbocycles. The van der Waals surface area contributed by atoms with Gasteiger partial charge in [0.15, 0.2) is 0 Å². The molecular weight excluding hydrogens is 370 g/mol. The van der Waals surface area contributed by atoms with Crippen molar-refractivity contribution in [1.82, 2.24) is 9.88 Å². The highest BCUT2D eigenvalue weighted by Crippen LogP contribution is 2.37. The summed E-state index contributed by atoms with van der Waals surface area (Å²) in [6.45, 7) is 8.09. The number of aromatic nitrogens is 1. The zero-order valence-electron chi connectivity index (χ0n) is 18.3. The standard InChI is InChI=1S/C26H33N3O/c1-17(2)25-19-7-3-4-8-22(19)27-24(25)16-21-20-15-18(9-10-23(20)28-26(21)30)11-14-29-12-5-6-13-29/h9-10,15-17,27H,3-8,11-14H2,1-2H3,(H,28,30). The van der Waals surface area contributed by atoms with E-state index in [2.05, 4.69) is 53.3 Å².